The Labute approximate surface area is 145 Å². The van der Waals surface area contributed by atoms with Gasteiger partial charge >= 0.3 is 6.03 Å². The molecule has 0 radical (unpaired) electrons. The first-order valence-corrected chi connectivity index (χ1v) is 8.06. The fraction of sp³-hybridized carbons (Fsp3) is 0.278. The van der Waals surface area contributed by atoms with E-state index < -0.39 is 0 Å². The van der Waals surface area contributed by atoms with Gasteiger partial charge in [-0.2, -0.15) is 0 Å². The normalized spacial score (nSPS) is 14.1. The SMILES string of the molecule is COc1ncccc1NC(=O)N[C@@H](C)c1ccc2c(c1)CCC(=O)N2. The van der Waals surface area contributed by atoms with Crippen molar-refractivity contribution < 1.29 is 14.3 Å². The molecule has 1 aromatic carbocycles. The quantitative estimate of drug-likeness (QED) is 0.798. The van der Waals surface area contributed by atoms with E-state index in [9.17, 15) is 9.59 Å². The highest BCUT2D eigenvalue weighted by molar-refractivity contribution is 5.94. The molecule has 3 rings (SSSR count). The van der Waals surface area contributed by atoms with E-state index >= 15 is 0 Å². The lowest BCUT2D eigenvalue weighted by atomic mass is 9.98. The number of aryl methyl sites for hydroxylation is 1. The maximum Gasteiger partial charge on any atom is 0.319 e. The van der Waals surface area contributed by atoms with Crippen molar-refractivity contribution in [3.63, 3.8) is 0 Å². The second kappa shape index (κ2) is 7.21. The lowest BCUT2D eigenvalue weighted by Crippen LogP contribution is -2.31. The van der Waals surface area contributed by atoms with Crippen LogP contribution < -0.4 is 20.7 Å². The first-order chi connectivity index (χ1) is 12.1. The summed E-state index contributed by atoms with van der Waals surface area (Å²) in [6.45, 7) is 1.91. The number of carbonyl (C=O) groups is 2. The number of ether oxygens (including phenoxy) is 1. The minimum absolute atomic E-state index is 0.0382. The molecule has 25 heavy (non-hydrogen) atoms. The number of benzene rings is 1. The van der Waals surface area contributed by atoms with E-state index in [1.165, 1.54) is 7.11 Å². The van der Waals surface area contributed by atoms with Crippen molar-refractivity contribution in [2.75, 3.05) is 17.7 Å². The maximum atomic E-state index is 12.2. The third-order valence-electron chi connectivity index (χ3n) is 4.09. The highest BCUT2D eigenvalue weighted by Gasteiger charge is 2.17. The van der Waals surface area contributed by atoms with Crippen LogP contribution in [0.25, 0.3) is 0 Å². The molecule has 7 nitrogen and oxygen atoms in total. The van der Waals surface area contributed by atoms with Gasteiger partial charge in [-0.05, 0) is 42.7 Å². The summed E-state index contributed by atoms with van der Waals surface area (Å²) in [7, 11) is 1.50. The first kappa shape index (κ1) is 16.8. The fourth-order valence-electron chi connectivity index (χ4n) is 2.76. The smallest absolute Gasteiger partial charge is 0.319 e. The van der Waals surface area contributed by atoms with Crippen LogP contribution in [0.1, 0.15) is 30.5 Å². The number of anilines is 2. The van der Waals surface area contributed by atoms with Gasteiger partial charge in [-0.3, -0.25) is 4.79 Å². The monoisotopic (exact) mass is 340 g/mol. The van der Waals surface area contributed by atoms with E-state index in [-0.39, 0.29) is 18.0 Å². The van der Waals surface area contributed by atoms with Gasteiger partial charge < -0.3 is 20.7 Å². The van der Waals surface area contributed by atoms with Crippen molar-refractivity contribution in [1.29, 1.82) is 0 Å². The Balaban J connectivity index is 1.66. The zero-order valence-corrected chi connectivity index (χ0v) is 14.1. The summed E-state index contributed by atoms with van der Waals surface area (Å²) >= 11 is 0. The molecule has 1 atom stereocenters. The molecule has 0 aliphatic carbocycles. The lowest BCUT2D eigenvalue weighted by molar-refractivity contribution is -0.116. The van der Waals surface area contributed by atoms with Crippen molar-refractivity contribution in [3.8, 4) is 5.88 Å². The molecule has 3 amide bonds. The third kappa shape index (κ3) is 3.88. The Hall–Kier alpha value is -3.09. The standard InChI is InChI=1S/C18H20N4O3/c1-11(12-5-7-14-13(10-12)6-8-16(23)21-14)20-18(24)22-15-4-3-9-19-17(15)25-2/h3-5,7,9-11H,6,8H2,1-2H3,(H,21,23)(H2,20,22,24)/t11-/m0/s1. The number of aromatic nitrogens is 1. The number of methoxy groups -OCH3 is 1. The summed E-state index contributed by atoms with van der Waals surface area (Å²) in [5, 5.41) is 8.48. The number of nitrogens with one attached hydrogen (secondary N) is 3. The van der Waals surface area contributed by atoms with Crippen LogP contribution in [0.4, 0.5) is 16.2 Å². The Morgan fingerprint density at radius 3 is 2.96 bits per heavy atom. The highest BCUT2D eigenvalue weighted by atomic mass is 16.5. The van der Waals surface area contributed by atoms with E-state index in [2.05, 4.69) is 20.9 Å². The predicted molar refractivity (Wildman–Crippen MR) is 94.8 cm³/mol. The Kier molecular flexibility index (Phi) is 4.83. The van der Waals surface area contributed by atoms with Gasteiger partial charge in [-0.1, -0.05) is 12.1 Å². The number of rotatable bonds is 4. The van der Waals surface area contributed by atoms with Crippen LogP contribution in [0.3, 0.4) is 0 Å². The van der Waals surface area contributed by atoms with Gasteiger partial charge in [0.2, 0.25) is 11.8 Å². The van der Waals surface area contributed by atoms with Gasteiger partial charge in [0, 0.05) is 18.3 Å². The summed E-state index contributed by atoms with van der Waals surface area (Å²) in [5.41, 5.74) is 3.41. The average Bonchev–Trinajstić information content (AvgIpc) is 2.61. The average molecular weight is 340 g/mol. The molecule has 0 unspecified atom stereocenters. The minimum Gasteiger partial charge on any atom is -0.480 e. The lowest BCUT2D eigenvalue weighted by Gasteiger charge is -2.20. The Bertz CT molecular complexity index is 807. The van der Waals surface area contributed by atoms with Crippen molar-refractivity contribution in [2.45, 2.75) is 25.8 Å². The van der Waals surface area contributed by atoms with Gasteiger partial charge in [0.1, 0.15) is 5.69 Å². The Morgan fingerprint density at radius 2 is 2.16 bits per heavy atom. The van der Waals surface area contributed by atoms with E-state index in [0.717, 1.165) is 16.8 Å². The van der Waals surface area contributed by atoms with Crippen LogP contribution in [0.2, 0.25) is 0 Å². The number of hydrogen-bond donors (Lipinski definition) is 3. The van der Waals surface area contributed by atoms with Crippen molar-refractivity contribution in [3.05, 3.63) is 47.7 Å². The van der Waals surface area contributed by atoms with Gasteiger partial charge in [0.15, 0.2) is 0 Å². The summed E-state index contributed by atoms with van der Waals surface area (Å²) in [6, 6.07) is 8.71. The van der Waals surface area contributed by atoms with Crippen molar-refractivity contribution in [1.82, 2.24) is 10.3 Å². The molecule has 0 saturated carbocycles. The van der Waals surface area contributed by atoms with Gasteiger partial charge in [-0.25, -0.2) is 9.78 Å². The third-order valence-corrected chi connectivity index (χ3v) is 4.09. The molecule has 2 aromatic rings. The largest absolute Gasteiger partial charge is 0.480 e. The van der Waals surface area contributed by atoms with Crippen LogP contribution in [0.15, 0.2) is 36.5 Å². The van der Waals surface area contributed by atoms with E-state index in [0.29, 0.717) is 24.4 Å². The van der Waals surface area contributed by atoms with Crippen molar-refractivity contribution >= 4 is 23.3 Å². The van der Waals surface area contributed by atoms with Crippen LogP contribution >= 0.6 is 0 Å². The molecular weight excluding hydrogens is 320 g/mol. The summed E-state index contributed by atoms with van der Waals surface area (Å²) in [6.07, 6.45) is 2.79. The van der Waals surface area contributed by atoms with Crippen LogP contribution in [0.5, 0.6) is 5.88 Å². The molecule has 7 heteroatoms. The van der Waals surface area contributed by atoms with Crippen LogP contribution in [-0.2, 0) is 11.2 Å². The summed E-state index contributed by atoms with van der Waals surface area (Å²) in [5.74, 6) is 0.394. The van der Waals surface area contributed by atoms with E-state index in [1.807, 2.05) is 25.1 Å². The molecule has 0 fully saturated rings. The molecule has 0 spiro atoms. The molecule has 0 bridgehead atoms. The molecular formula is C18H20N4O3. The highest BCUT2D eigenvalue weighted by Crippen LogP contribution is 2.26. The zero-order valence-electron chi connectivity index (χ0n) is 14.1. The maximum absolute atomic E-state index is 12.2. The second-order valence-corrected chi connectivity index (χ2v) is 5.85. The number of hydrogen-bond acceptors (Lipinski definition) is 4. The second-order valence-electron chi connectivity index (χ2n) is 5.85. The number of fused-ring (bicyclic) bond motifs is 1. The van der Waals surface area contributed by atoms with Gasteiger partial charge in [0.05, 0.1) is 13.2 Å². The molecule has 1 aliphatic heterocycles. The number of carbonyl (C=O) groups excluding carboxylic acids is 2. The van der Waals surface area contributed by atoms with E-state index in [1.54, 1.807) is 18.3 Å². The molecule has 0 saturated heterocycles. The fourth-order valence-corrected chi connectivity index (χ4v) is 2.76. The number of amides is 3. The van der Waals surface area contributed by atoms with Gasteiger partial charge in [0.25, 0.3) is 0 Å². The van der Waals surface area contributed by atoms with Gasteiger partial charge in [-0.15, -0.1) is 0 Å². The minimum atomic E-state index is -0.343. The number of urea groups is 1. The van der Waals surface area contributed by atoms with Crippen molar-refractivity contribution in [2.24, 2.45) is 0 Å². The summed E-state index contributed by atoms with van der Waals surface area (Å²) < 4.78 is 5.12. The van der Waals surface area contributed by atoms with Crippen LogP contribution in [-0.4, -0.2) is 24.0 Å². The molecule has 1 aromatic heterocycles. The summed E-state index contributed by atoms with van der Waals surface area (Å²) in [4.78, 5) is 27.7. The topological polar surface area (TPSA) is 92.3 Å². The molecule has 2 heterocycles. The number of nitrogens with zero attached hydrogens (tertiary/aromatic N) is 1. The Morgan fingerprint density at radius 1 is 1.32 bits per heavy atom. The zero-order chi connectivity index (χ0) is 17.8. The van der Waals surface area contributed by atoms with E-state index in [4.69, 9.17) is 4.74 Å². The molecule has 130 valence electrons. The van der Waals surface area contributed by atoms with Crippen LogP contribution in [0, 0.1) is 0 Å². The number of pyridine rings is 1. The molecule has 1 aliphatic rings. The predicted octanol–water partition coefficient (Wildman–Crippen LogP) is 2.86. The first-order valence-electron chi connectivity index (χ1n) is 8.06. The molecule has 3 N–H and O–H groups in total.